The highest BCUT2D eigenvalue weighted by Crippen LogP contribution is 2.21. The Morgan fingerprint density at radius 2 is 1.76 bits per heavy atom. The zero-order chi connectivity index (χ0) is 32.3. The largest absolute Gasteiger partial charge is 0.465 e. The first-order valence-corrected chi connectivity index (χ1v) is 15.8. The minimum Gasteiger partial charge on any atom is -0.465 e. The van der Waals surface area contributed by atoms with Gasteiger partial charge in [0.2, 0.25) is 11.8 Å². The summed E-state index contributed by atoms with van der Waals surface area (Å²) in [6, 6.07) is 5.82. The molecule has 1 heterocycles. The second kappa shape index (κ2) is 22.3. The van der Waals surface area contributed by atoms with Crippen molar-refractivity contribution in [3.63, 3.8) is 0 Å². The van der Waals surface area contributed by atoms with Crippen molar-refractivity contribution < 1.29 is 33.4 Å². The van der Waals surface area contributed by atoms with Gasteiger partial charge in [-0.1, -0.05) is 64.3 Å². The second-order valence-electron chi connectivity index (χ2n) is 11.3. The van der Waals surface area contributed by atoms with Gasteiger partial charge in [-0.25, -0.2) is 4.79 Å². The molecule has 13 heteroatoms. The zero-order valence-electron chi connectivity index (χ0n) is 27.2. The zero-order valence-corrected chi connectivity index (χ0v) is 28.0. The summed E-state index contributed by atoms with van der Waals surface area (Å²) in [5.41, 5.74) is 7.34. The topological polar surface area (TPSA) is 162 Å². The van der Waals surface area contributed by atoms with E-state index in [-0.39, 0.29) is 62.3 Å². The molecule has 0 radical (unpaired) electrons. The van der Waals surface area contributed by atoms with Crippen molar-refractivity contribution in [1.29, 1.82) is 0 Å². The predicted molar refractivity (Wildman–Crippen MR) is 175 cm³/mol. The number of ether oxygens (including phenoxy) is 3. The van der Waals surface area contributed by atoms with Crippen LogP contribution in [-0.2, 0) is 35.1 Å². The van der Waals surface area contributed by atoms with Gasteiger partial charge in [0.15, 0.2) is 0 Å². The Labute approximate surface area is 273 Å². The number of hydrogen-bond acceptors (Lipinski definition) is 8. The summed E-state index contributed by atoms with van der Waals surface area (Å²) < 4.78 is 15.5. The van der Waals surface area contributed by atoms with Gasteiger partial charge in [-0.15, -0.1) is 12.4 Å². The number of aliphatic imine (C=N–C) groups is 1. The third kappa shape index (κ3) is 15.1. The summed E-state index contributed by atoms with van der Waals surface area (Å²) in [6.45, 7) is 9.89. The van der Waals surface area contributed by atoms with E-state index in [0.717, 1.165) is 24.8 Å². The van der Waals surface area contributed by atoms with Crippen LogP contribution in [0.5, 0.6) is 0 Å². The molecular weight excluding hydrogens is 602 g/mol. The van der Waals surface area contributed by atoms with E-state index in [2.05, 4.69) is 22.5 Å². The Bertz CT molecular complexity index is 1080. The normalized spacial score (nSPS) is 15.4. The lowest BCUT2D eigenvalue weighted by molar-refractivity contribution is -0.143. The molecule has 1 aromatic rings. The summed E-state index contributed by atoms with van der Waals surface area (Å²) in [7, 11) is 0. The highest BCUT2D eigenvalue weighted by Gasteiger charge is 2.37. The van der Waals surface area contributed by atoms with Crippen LogP contribution in [0.4, 0.5) is 4.79 Å². The van der Waals surface area contributed by atoms with E-state index in [1.165, 1.54) is 12.8 Å². The van der Waals surface area contributed by atoms with Crippen molar-refractivity contribution in [2.24, 2.45) is 16.6 Å². The van der Waals surface area contributed by atoms with Crippen LogP contribution in [0.3, 0.4) is 0 Å². The first-order valence-electron chi connectivity index (χ1n) is 15.8. The van der Waals surface area contributed by atoms with Crippen molar-refractivity contribution in [3.8, 4) is 0 Å². The Morgan fingerprint density at radius 1 is 1.02 bits per heavy atom. The molecule has 3 amide bonds. The molecule has 0 aliphatic carbocycles. The average Bonchev–Trinajstić information content (AvgIpc) is 3.49. The van der Waals surface area contributed by atoms with Crippen LogP contribution in [-0.4, -0.2) is 86.2 Å². The van der Waals surface area contributed by atoms with Gasteiger partial charge in [-0.3, -0.25) is 19.7 Å². The number of unbranched alkanes of at least 4 members (excludes halogenated alkanes) is 3. The monoisotopic (exact) mass is 653 g/mol. The van der Waals surface area contributed by atoms with E-state index in [9.17, 15) is 19.2 Å². The van der Waals surface area contributed by atoms with Crippen LogP contribution in [0.25, 0.3) is 0 Å². The lowest BCUT2D eigenvalue weighted by Crippen LogP contribution is -2.53. The molecule has 12 nitrogen and oxygen atoms in total. The van der Waals surface area contributed by atoms with Gasteiger partial charge in [0, 0.05) is 25.3 Å². The van der Waals surface area contributed by atoms with E-state index >= 15 is 0 Å². The molecule has 1 unspecified atom stereocenters. The third-order valence-electron chi connectivity index (χ3n) is 7.17. The van der Waals surface area contributed by atoms with E-state index in [1.807, 2.05) is 13.8 Å². The summed E-state index contributed by atoms with van der Waals surface area (Å²) >= 11 is 0. The molecule has 1 fully saturated rings. The van der Waals surface area contributed by atoms with Crippen LogP contribution < -0.4 is 16.4 Å². The van der Waals surface area contributed by atoms with Crippen molar-refractivity contribution >= 4 is 42.1 Å². The molecule has 0 aromatic heterocycles. The van der Waals surface area contributed by atoms with Gasteiger partial charge in [0.1, 0.15) is 18.5 Å². The number of hydrogen-bond donors (Lipinski definition) is 3. The fourth-order valence-corrected chi connectivity index (χ4v) is 4.88. The van der Waals surface area contributed by atoms with Gasteiger partial charge in [-0.05, 0) is 44.1 Å². The number of halogens is 1. The van der Waals surface area contributed by atoms with E-state index in [4.69, 9.17) is 19.9 Å². The van der Waals surface area contributed by atoms with Gasteiger partial charge in [0.05, 0.1) is 25.8 Å². The standard InChI is InChI=1S/C32H51N5O7.ClH/c1-5-7-8-9-17-42-18-19-44-32(41)36-29(33)25-14-12-24(13-15-25)21-35-30(39)27-11-10-16-37(27)31(40)26(20-23(3)4)34-22-28(38)43-6-2;/h12-15,23,26-27,34H,5-11,16-22H2,1-4H3,(H,35,39)(H2,33,36,41);1H/t26?,27-;/m0./s1. The molecule has 1 aliphatic heterocycles. The molecule has 0 saturated carbocycles. The summed E-state index contributed by atoms with van der Waals surface area (Å²) in [5, 5.41) is 5.95. The van der Waals surface area contributed by atoms with Gasteiger partial charge < -0.3 is 30.2 Å². The maximum absolute atomic E-state index is 13.4. The molecule has 4 N–H and O–H groups in total. The lowest BCUT2D eigenvalue weighted by Gasteiger charge is -2.29. The Morgan fingerprint density at radius 3 is 2.42 bits per heavy atom. The third-order valence-corrected chi connectivity index (χ3v) is 7.17. The van der Waals surface area contributed by atoms with Crippen molar-refractivity contribution in [3.05, 3.63) is 35.4 Å². The average molecular weight is 654 g/mol. The quantitative estimate of drug-likeness (QED) is 0.0874. The number of likely N-dealkylation sites (tertiary alicyclic amines) is 1. The van der Waals surface area contributed by atoms with E-state index in [0.29, 0.717) is 38.2 Å². The van der Waals surface area contributed by atoms with Crippen molar-refractivity contribution in [1.82, 2.24) is 15.5 Å². The number of benzene rings is 1. The van der Waals surface area contributed by atoms with Gasteiger partial charge in [-0.2, -0.15) is 4.99 Å². The SMILES string of the molecule is CCCCCCOCCOC(=O)N=C(N)c1ccc(CNC(=O)[C@@H]2CCCN2C(=O)C(CC(C)C)NCC(=O)OCC)cc1.Cl. The molecule has 254 valence electrons. The minimum atomic E-state index is -0.782. The summed E-state index contributed by atoms with van der Waals surface area (Å²) in [5.74, 6) is -0.599. The first-order chi connectivity index (χ1) is 21.2. The van der Waals surface area contributed by atoms with Gasteiger partial charge >= 0.3 is 12.1 Å². The number of amidine groups is 1. The van der Waals surface area contributed by atoms with E-state index in [1.54, 1.807) is 36.1 Å². The Balaban J connectivity index is 0.0000101. The molecular formula is C32H52ClN5O7. The number of esters is 1. The smallest absolute Gasteiger partial charge is 0.435 e. The number of nitrogens with two attached hydrogens (primary N) is 1. The molecule has 2 rings (SSSR count). The number of carbonyl (C=O) groups is 4. The molecule has 1 saturated heterocycles. The number of amides is 3. The maximum Gasteiger partial charge on any atom is 0.435 e. The number of rotatable bonds is 19. The van der Waals surface area contributed by atoms with Crippen LogP contribution in [0.2, 0.25) is 0 Å². The fourth-order valence-electron chi connectivity index (χ4n) is 4.88. The Hall–Kier alpha value is -3.22. The molecule has 2 atom stereocenters. The predicted octanol–water partition coefficient (Wildman–Crippen LogP) is 3.72. The maximum atomic E-state index is 13.4. The second-order valence-corrected chi connectivity index (χ2v) is 11.3. The van der Waals surface area contributed by atoms with Crippen LogP contribution in [0.15, 0.2) is 29.3 Å². The molecule has 0 spiro atoms. The molecule has 0 bridgehead atoms. The van der Waals surface area contributed by atoms with Gasteiger partial charge in [0.25, 0.3) is 0 Å². The van der Waals surface area contributed by atoms with Crippen LogP contribution >= 0.6 is 12.4 Å². The van der Waals surface area contributed by atoms with Crippen molar-refractivity contribution in [2.45, 2.75) is 91.3 Å². The highest BCUT2D eigenvalue weighted by molar-refractivity contribution is 6.02. The summed E-state index contributed by atoms with van der Waals surface area (Å²) in [6.07, 6.45) is 5.50. The molecule has 1 aliphatic rings. The number of nitrogens with one attached hydrogen (secondary N) is 2. The number of carbonyl (C=O) groups excluding carboxylic acids is 4. The fraction of sp³-hybridized carbons (Fsp3) is 0.656. The Kier molecular flexibility index (Phi) is 19.7. The van der Waals surface area contributed by atoms with Crippen LogP contribution in [0.1, 0.15) is 83.8 Å². The first kappa shape index (κ1) is 39.8. The highest BCUT2D eigenvalue weighted by atomic mass is 35.5. The van der Waals surface area contributed by atoms with E-state index < -0.39 is 24.1 Å². The summed E-state index contributed by atoms with van der Waals surface area (Å²) in [4.78, 5) is 55.8. The lowest BCUT2D eigenvalue weighted by atomic mass is 10.0. The van der Waals surface area contributed by atoms with Crippen LogP contribution in [0, 0.1) is 5.92 Å². The van der Waals surface area contributed by atoms with Crippen molar-refractivity contribution in [2.75, 3.05) is 39.5 Å². The minimum absolute atomic E-state index is 0. The number of nitrogens with zero attached hydrogens (tertiary/aromatic N) is 2. The molecule has 45 heavy (non-hydrogen) atoms. The molecule has 1 aromatic carbocycles.